The summed E-state index contributed by atoms with van der Waals surface area (Å²) in [5, 5.41) is 0. The fourth-order valence-corrected chi connectivity index (χ4v) is 3.44. The van der Waals surface area contributed by atoms with Crippen LogP contribution in [0, 0.1) is 17.3 Å². The molecular formula is C15H22O. The fourth-order valence-electron chi connectivity index (χ4n) is 3.44. The van der Waals surface area contributed by atoms with Crippen molar-refractivity contribution in [2.45, 2.75) is 46.0 Å². The van der Waals surface area contributed by atoms with Crippen LogP contribution in [0.2, 0.25) is 0 Å². The molecule has 0 radical (unpaired) electrons. The zero-order valence-corrected chi connectivity index (χ0v) is 10.5. The van der Waals surface area contributed by atoms with Crippen molar-refractivity contribution < 1.29 is 4.79 Å². The summed E-state index contributed by atoms with van der Waals surface area (Å²) < 4.78 is 0. The smallest absolute Gasteiger partial charge is 0.139 e. The number of hydrogen-bond acceptors (Lipinski definition) is 1. The normalized spacial score (nSPS) is 39.4. The molecule has 0 spiro atoms. The quantitative estimate of drug-likeness (QED) is 0.610. The number of fused-ring (bicyclic) bond motifs is 1. The van der Waals surface area contributed by atoms with E-state index in [1.807, 2.05) is 0 Å². The molecule has 0 heterocycles. The van der Waals surface area contributed by atoms with Crippen molar-refractivity contribution in [3.8, 4) is 0 Å². The van der Waals surface area contributed by atoms with Gasteiger partial charge in [-0.3, -0.25) is 4.79 Å². The molecule has 2 saturated carbocycles. The van der Waals surface area contributed by atoms with Crippen molar-refractivity contribution in [2.75, 3.05) is 0 Å². The molecule has 0 saturated heterocycles. The van der Waals surface area contributed by atoms with Crippen LogP contribution in [-0.2, 0) is 4.79 Å². The second-order valence-corrected chi connectivity index (χ2v) is 5.87. The highest BCUT2D eigenvalue weighted by Crippen LogP contribution is 2.52. The van der Waals surface area contributed by atoms with E-state index in [2.05, 4.69) is 27.0 Å². The molecule has 16 heavy (non-hydrogen) atoms. The first-order valence-corrected chi connectivity index (χ1v) is 6.31. The van der Waals surface area contributed by atoms with E-state index in [4.69, 9.17) is 0 Å². The second-order valence-electron chi connectivity index (χ2n) is 5.87. The third kappa shape index (κ3) is 1.66. The number of carbonyl (C=O) groups is 1. The van der Waals surface area contributed by atoms with E-state index >= 15 is 0 Å². The van der Waals surface area contributed by atoms with Gasteiger partial charge in [-0.2, -0.15) is 0 Å². The highest BCUT2D eigenvalue weighted by molar-refractivity contribution is 5.86. The molecule has 0 aromatic heterocycles. The largest absolute Gasteiger partial charge is 0.299 e. The van der Waals surface area contributed by atoms with Gasteiger partial charge in [0.15, 0.2) is 0 Å². The Kier molecular flexibility index (Phi) is 2.81. The number of hydrogen-bond donors (Lipinski definition) is 0. The molecule has 2 fully saturated rings. The van der Waals surface area contributed by atoms with Gasteiger partial charge in [-0.1, -0.05) is 31.2 Å². The van der Waals surface area contributed by atoms with Gasteiger partial charge in [-0.05, 0) is 44.4 Å². The third-order valence-electron chi connectivity index (χ3n) is 4.80. The number of ketones is 1. The lowest BCUT2D eigenvalue weighted by Crippen LogP contribution is -2.44. The van der Waals surface area contributed by atoms with E-state index < -0.39 is 0 Å². The summed E-state index contributed by atoms with van der Waals surface area (Å²) in [5.41, 5.74) is 2.46. The summed E-state index contributed by atoms with van der Waals surface area (Å²) in [6, 6.07) is 0. The molecule has 3 atom stereocenters. The highest BCUT2D eigenvalue weighted by atomic mass is 16.1. The Morgan fingerprint density at radius 2 is 2.12 bits per heavy atom. The van der Waals surface area contributed by atoms with Gasteiger partial charge in [0, 0.05) is 11.8 Å². The van der Waals surface area contributed by atoms with Crippen LogP contribution in [-0.4, -0.2) is 5.78 Å². The molecule has 3 unspecified atom stereocenters. The van der Waals surface area contributed by atoms with Crippen molar-refractivity contribution in [3.63, 3.8) is 0 Å². The van der Waals surface area contributed by atoms with Crippen molar-refractivity contribution >= 4 is 5.78 Å². The Morgan fingerprint density at radius 3 is 2.75 bits per heavy atom. The van der Waals surface area contributed by atoms with E-state index in [-0.39, 0.29) is 5.41 Å². The minimum atomic E-state index is -0.110. The zero-order chi connectivity index (χ0) is 11.9. The molecule has 2 rings (SSSR count). The van der Waals surface area contributed by atoms with Gasteiger partial charge in [0.25, 0.3) is 0 Å². The van der Waals surface area contributed by atoms with Crippen LogP contribution in [0.25, 0.3) is 0 Å². The van der Waals surface area contributed by atoms with Crippen molar-refractivity contribution in [1.82, 2.24) is 0 Å². The van der Waals surface area contributed by atoms with Crippen LogP contribution in [0.15, 0.2) is 24.3 Å². The molecule has 0 aromatic carbocycles. The first-order valence-electron chi connectivity index (χ1n) is 6.31. The van der Waals surface area contributed by atoms with Gasteiger partial charge < -0.3 is 0 Å². The fraction of sp³-hybridized carbons (Fsp3) is 0.667. The van der Waals surface area contributed by atoms with Crippen LogP contribution in [0.4, 0.5) is 0 Å². The first-order chi connectivity index (χ1) is 7.45. The Bertz CT molecular complexity index is 352. The topological polar surface area (TPSA) is 17.1 Å². The van der Waals surface area contributed by atoms with E-state index in [9.17, 15) is 4.79 Å². The van der Waals surface area contributed by atoms with Gasteiger partial charge in [0.2, 0.25) is 0 Å². The summed E-state index contributed by atoms with van der Waals surface area (Å²) in [7, 11) is 0. The van der Waals surface area contributed by atoms with Gasteiger partial charge in [0.1, 0.15) is 5.78 Å². The SMILES string of the molecule is C=C(C)C1CCC2(C)C(=O)CCC(=C)C2C1. The van der Waals surface area contributed by atoms with E-state index in [1.165, 1.54) is 11.1 Å². The lowest BCUT2D eigenvalue weighted by molar-refractivity contribution is -0.134. The van der Waals surface area contributed by atoms with Crippen LogP contribution >= 0.6 is 0 Å². The molecule has 1 heteroatoms. The van der Waals surface area contributed by atoms with Crippen LogP contribution in [0.5, 0.6) is 0 Å². The minimum absolute atomic E-state index is 0.110. The summed E-state index contributed by atoms with van der Waals surface area (Å²) >= 11 is 0. The van der Waals surface area contributed by atoms with Gasteiger partial charge >= 0.3 is 0 Å². The second kappa shape index (κ2) is 3.87. The number of Topliss-reactive ketones (excluding diaryl/α,β-unsaturated/α-hetero) is 1. The van der Waals surface area contributed by atoms with Crippen molar-refractivity contribution in [3.05, 3.63) is 24.3 Å². The van der Waals surface area contributed by atoms with Gasteiger partial charge in [-0.15, -0.1) is 0 Å². The summed E-state index contributed by atoms with van der Waals surface area (Å²) in [6.45, 7) is 12.5. The average molecular weight is 218 g/mol. The minimum Gasteiger partial charge on any atom is -0.299 e. The highest BCUT2D eigenvalue weighted by Gasteiger charge is 2.48. The number of allylic oxidation sites excluding steroid dienone is 2. The monoisotopic (exact) mass is 218 g/mol. The van der Waals surface area contributed by atoms with Crippen LogP contribution in [0.1, 0.15) is 46.0 Å². The molecule has 88 valence electrons. The molecule has 2 aliphatic rings. The maximum absolute atomic E-state index is 12.1. The molecular weight excluding hydrogens is 196 g/mol. The summed E-state index contributed by atoms with van der Waals surface area (Å²) in [6.07, 6.45) is 4.86. The molecule has 0 aromatic rings. The van der Waals surface area contributed by atoms with E-state index in [1.54, 1.807) is 0 Å². The zero-order valence-electron chi connectivity index (χ0n) is 10.5. The molecule has 1 nitrogen and oxygen atoms in total. The predicted molar refractivity (Wildman–Crippen MR) is 67.1 cm³/mol. The van der Waals surface area contributed by atoms with Crippen molar-refractivity contribution in [1.29, 1.82) is 0 Å². The molecule has 2 aliphatic carbocycles. The maximum atomic E-state index is 12.1. The van der Waals surface area contributed by atoms with Crippen molar-refractivity contribution in [2.24, 2.45) is 17.3 Å². The van der Waals surface area contributed by atoms with Gasteiger partial charge in [-0.25, -0.2) is 0 Å². The summed E-state index contributed by atoms with van der Waals surface area (Å²) in [5.74, 6) is 1.47. The predicted octanol–water partition coefficient (Wildman–Crippen LogP) is 3.90. The van der Waals surface area contributed by atoms with E-state index in [0.29, 0.717) is 24.0 Å². The van der Waals surface area contributed by atoms with Gasteiger partial charge in [0.05, 0.1) is 0 Å². The molecule has 0 aliphatic heterocycles. The summed E-state index contributed by atoms with van der Waals surface area (Å²) in [4.78, 5) is 12.1. The Morgan fingerprint density at radius 1 is 1.44 bits per heavy atom. The van der Waals surface area contributed by atoms with Crippen LogP contribution < -0.4 is 0 Å². The Balaban J connectivity index is 2.25. The number of carbonyl (C=O) groups excluding carboxylic acids is 1. The molecule has 0 amide bonds. The lowest BCUT2D eigenvalue weighted by atomic mass is 9.56. The third-order valence-corrected chi connectivity index (χ3v) is 4.80. The van der Waals surface area contributed by atoms with E-state index in [0.717, 1.165) is 25.7 Å². The lowest BCUT2D eigenvalue weighted by Gasteiger charge is -2.47. The first kappa shape index (κ1) is 11.6. The Labute approximate surface area is 98.6 Å². The maximum Gasteiger partial charge on any atom is 0.139 e. The average Bonchev–Trinajstić information content (AvgIpc) is 2.24. The van der Waals surface area contributed by atoms with Crippen LogP contribution in [0.3, 0.4) is 0 Å². The molecule has 0 bridgehead atoms. The Hall–Kier alpha value is -0.850. The molecule has 0 N–H and O–H groups in total. The standard InChI is InChI=1S/C15H22O/c1-10(2)12-7-8-15(4)13(9-12)11(3)5-6-14(15)16/h12-13H,1,3,5-9H2,2,4H3. The number of rotatable bonds is 1.